The molecule has 1 aliphatic rings. The summed E-state index contributed by atoms with van der Waals surface area (Å²) in [7, 11) is 0. The van der Waals surface area contributed by atoms with Gasteiger partial charge < -0.3 is 19.7 Å². The summed E-state index contributed by atoms with van der Waals surface area (Å²) in [5.74, 6) is -1.03. The van der Waals surface area contributed by atoms with Gasteiger partial charge in [-0.1, -0.05) is 0 Å². The first-order chi connectivity index (χ1) is 6.90. The molecule has 0 spiro atoms. The third-order valence-electron chi connectivity index (χ3n) is 2.94. The minimum Gasteiger partial charge on any atom is -0.479 e. The maximum atomic E-state index is 11.2. The molecule has 1 fully saturated rings. The molecule has 2 N–H and O–H groups in total. The largest absolute Gasteiger partial charge is 0.479 e. The molecule has 4 atom stereocenters. The fourth-order valence-electron chi connectivity index (χ4n) is 1.64. The maximum absolute atomic E-state index is 11.2. The van der Waals surface area contributed by atoms with Crippen molar-refractivity contribution in [1.82, 2.24) is 0 Å². The van der Waals surface area contributed by atoms with Crippen molar-refractivity contribution in [2.24, 2.45) is 0 Å². The molecule has 15 heavy (non-hydrogen) atoms. The van der Waals surface area contributed by atoms with Gasteiger partial charge in [0.05, 0.1) is 24.9 Å². The van der Waals surface area contributed by atoms with Gasteiger partial charge in [-0.25, -0.2) is 4.79 Å². The maximum Gasteiger partial charge on any atom is 0.338 e. The second kappa shape index (κ2) is 4.47. The summed E-state index contributed by atoms with van der Waals surface area (Å²) < 4.78 is 10.7. The van der Waals surface area contributed by atoms with E-state index in [0.29, 0.717) is 13.0 Å². The van der Waals surface area contributed by atoms with E-state index in [-0.39, 0.29) is 0 Å². The smallest absolute Gasteiger partial charge is 0.338 e. The second-order valence-corrected chi connectivity index (χ2v) is 4.02. The van der Waals surface area contributed by atoms with Crippen LogP contribution in [0.25, 0.3) is 0 Å². The summed E-state index contributed by atoms with van der Waals surface area (Å²) in [5.41, 5.74) is -1.31. The number of ether oxygens (including phenoxy) is 2. The number of carboxylic acids is 1. The van der Waals surface area contributed by atoms with Crippen LogP contribution >= 0.6 is 0 Å². The predicted molar refractivity (Wildman–Crippen MR) is 52.6 cm³/mol. The molecule has 0 amide bonds. The van der Waals surface area contributed by atoms with Crippen LogP contribution in [0.5, 0.6) is 0 Å². The molecule has 4 unspecified atom stereocenters. The highest BCUT2D eigenvalue weighted by Gasteiger charge is 2.51. The molecule has 0 aliphatic carbocycles. The molecule has 1 aliphatic heterocycles. The highest BCUT2D eigenvalue weighted by molar-refractivity contribution is 5.78. The molecule has 88 valence electrons. The lowest BCUT2D eigenvalue weighted by Gasteiger charge is -2.32. The molecule has 1 rings (SSSR count). The first-order valence-electron chi connectivity index (χ1n) is 5.11. The average molecular weight is 218 g/mol. The molecule has 1 saturated heterocycles. The van der Waals surface area contributed by atoms with Crippen molar-refractivity contribution < 1.29 is 24.5 Å². The Morgan fingerprint density at radius 2 is 2.20 bits per heavy atom. The van der Waals surface area contributed by atoms with Crippen molar-refractivity contribution in [2.75, 3.05) is 6.61 Å². The van der Waals surface area contributed by atoms with Crippen molar-refractivity contribution in [3.05, 3.63) is 0 Å². The SMILES string of the molecule is CC(O)C(C)OC1(C(=O)O)CCOC1C. The number of hydrogen-bond donors (Lipinski definition) is 2. The van der Waals surface area contributed by atoms with E-state index in [1.807, 2.05) is 0 Å². The molecule has 0 aromatic rings. The summed E-state index contributed by atoms with van der Waals surface area (Å²) in [6.45, 7) is 5.27. The fourth-order valence-corrected chi connectivity index (χ4v) is 1.64. The van der Waals surface area contributed by atoms with E-state index in [9.17, 15) is 15.0 Å². The van der Waals surface area contributed by atoms with Gasteiger partial charge in [-0.3, -0.25) is 0 Å². The molecule has 0 radical (unpaired) electrons. The minimum absolute atomic E-state index is 0.320. The first kappa shape index (κ1) is 12.4. The molecular formula is C10H18O5. The zero-order valence-corrected chi connectivity index (χ0v) is 9.27. The van der Waals surface area contributed by atoms with E-state index in [0.717, 1.165) is 0 Å². The van der Waals surface area contributed by atoms with Crippen LogP contribution in [0.1, 0.15) is 27.2 Å². The number of rotatable bonds is 4. The van der Waals surface area contributed by atoms with Gasteiger partial charge in [-0.15, -0.1) is 0 Å². The van der Waals surface area contributed by atoms with Crippen LogP contribution in [0, 0.1) is 0 Å². The van der Waals surface area contributed by atoms with E-state index in [1.54, 1.807) is 20.8 Å². The van der Waals surface area contributed by atoms with Crippen LogP contribution in [-0.4, -0.2) is 46.7 Å². The molecule has 0 aromatic heterocycles. The van der Waals surface area contributed by atoms with Gasteiger partial charge >= 0.3 is 5.97 Å². The Hall–Kier alpha value is -0.650. The van der Waals surface area contributed by atoms with E-state index in [4.69, 9.17) is 9.47 Å². The third-order valence-corrected chi connectivity index (χ3v) is 2.94. The lowest BCUT2D eigenvalue weighted by molar-refractivity contribution is -0.188. The van der Waals surface area contributed by atoms with Crippen molar-refractivity contribution in [2.45, 2.75) is 51.1 Å². The number of aliphatic hydroxyl groups is 1. The Bertz CT molecular complexity index is 240. The van der Waals surface area contributed by atoms with E-state index in [1.165, 1.54) is 0 Å². The Balaban J connectivity index is 2.79. The molecule has 0 aromatic carbocycles. The van der Waals surface area contributed by atoms with Crippen molar-refractivity contribution in [1.29, 1.82) is 0 Å². The van der Waals surface area contributed by atoms with E-state index < -0.39 is 29.9 Å². The summed E-state index contributed by atoms with van der Waals surface area (Å²) in [6, 6.07) is 0. The summed E-state index contributed by atoms with van der Waals surface area (Å²) in [6.07, 6.45) is -1.39. The predicted octanol–water partition coefficient (Wildman–Crippen LogP) is 0.404. The standard InChI is InChI=1S/C10H18O5/c1-6(11)7(2)15-10(9(12)13)4-5-14-8(10)3/h6-8,11H,4-5H2,1-3H3,(H,12,13). The molecule has 0 saturated carbocycles. The van der Waals surface area contributed by atoms with Crippen LogP contribution in [-0.2, 0) is 14.3 Å². The van der Waals surface area contributed by atoms with Gasteiger partial charge in [0.2, 0.25) is 0 Å². The van der Waals surface area contributed by atoms with E-state index >= 15 is 0 Å². The monoisotopic (exact) mass is 218 g/mol. The Kier molecular flexibility index (Phi) is 3.70. The second-order valence-electron chi connectivity index (χ2n) is 4.02. The van der Waals surface area contributed by atoms with Crippen molar-refractivity contribution >= 4 is 5.97 Å². The summed E-state index contributed by atoms with van der Waals surface area (Å²) in [5, 5.41) is 18.5. The Morgan fingerprint density at radius 3 is 2.53 bits per heavy atom. The number of hydrogen-bond acceptors (Lipinski definition) is 4. The lowest BCUT2D eigenvalue weighted by Crippen LogP contribution is -2.50. The zero-order valence-electron chi connectivity index (χ0n) is 9.27. The number of carbonyl (C=O) groups is 1. The number of aliphatic carboxylic acids is 1. The van der Waals surface area contributed by atoms with Crippen LogP contribution in [0.2, 0.25) is 0 Å². The zero-order chi connectivity index (χ0) is 11.6. The van der Waals surface area contributed by atoms with Crippen molar-refractivity contribution in [3.63, 3.8) is 0 Å². The van der Waals surface area contributed by atoms with Gasteiger partial charge in [0.1, 0.15) is 0 Å². The lowest BCUT2D eigenvalue weighted by atomic mass is 9.96. The topological polar surface area (TPSA) is 76.0 Å². The fraction of sp³-hybridized carbons (Fsp3) is 0.900. The Labute approximate surface area is 89.0 Å². The number of aliphatic hydroxyl groups excluding tert-OH is 1. The summed E-state index contributed by atoms with van der Waals surface area (Å²) in [4.78, 5) is 11.2. The van der Waals surface area contributed by atoms with Crippen LogP contribution in [0.3, 0.4) is 0 Å². The van der Waals surface area contributed by atoms with Gasteiger partial charge in [-0.05, 0) is 20.8 Å². The molecule has 5 heteroatoms. The van der Waals surface area contributed by atoms with E-state index in [2.05, 4.69) is 0 Å². The average Bonchev–Trinajstić information content (AvgIpc) is 2.48. The highest BCUT2D eigenvalue weighted by atomic mass is 16.6. The van der Waals surface area contributed by atoms with Gasteiger partial charge in [-0.2, -0.15) is 0 Å². The van der Waals surface area contributed by atoms with Crippen LogP contribution < -0.4 is 0 Å². The quantitative estimate of drug-likeness (QED) is 0.714. The first-order valence-corrected chi connectivity index (χ1v) is 5.11. The van der Waals surface area contributed by atoms with Crippen LogP contribution in [0.15, 0.2) is 0 Å². The molecular weight excluding hydrogens is 200 g/mol. The Morgan fingerprint density at radius 1 is 1.60 bits per heavy atom. The molecule has 5 nitrogen and oxygen atoms in total. The minimum atomic E-state index is -1.31. The summed E-state index contributed by atoms with van der Waals surface area (Å²) >= 11 is 0. The van der Waals surface area contributed by atoms with Gasteiger partial charge in [0, 0.05) is 6.42 Å². The van der Waals surface area contributed by atoms with Crippen molar-refractivity contribution in [3.8, 4) is 0 Å². The third kappa shape index (κ3) is 2.30. The highest BCUT2D eigenvalue weighted by Crippen LogP contribution is 2.31. The van der Waals surface area contributed by atoms with Gasteiger partial charge in [0.25, 0.3) is 0 Å². The van der Waals surface area contributed by atoms with Crippen LogP contribution in [0.4, 0.5) is 0 Å². The van der Waals surface area contributed by atoms with Gasteiger partial charge in [0.15, 0.2) is 5.60 Å². The molecule has 1 heterocycles. The molecule has 0 bridgehead atoms. The number of carboxylic acid groups (broad SMARTS) is 1. The normalized spacial score (nSPS) is 35.1.